The molecule has 0 aliphatic carbocycles. The van der Waals surface area contributed by atoms with Crippen molar-refractivity contribution in [2.75, 3.05) is 6.26 Å². The molecule has 0 bridgehead atoms. The van der Waals surface area contributed by atoms with E-state index in [2.05, 4.69) is 9.97 Å². The Labute approximate surface area is 137 Å². The predicted octanol–water partition coefficient (Wildman–Crippen LogP) is 2.74. The minimum Gasteiger partial charge on any atom is -0.427 e. The van der Waals surface area contributed by atoms with Gasteiger partial charge in [-0.15, -0.1) is 0 Å². The molecule has 2 rings (SSSR count). The first-order valence-corrected chi connectivity index (χ1v) is 8.21. The lowest BCUT2D eigenvalue weighted by Gasteiger charge is -2.07. The van der Waals surface area contributed by atoms with Gasteiger partial charge in [-0.3, -0.25) is 9.59 Å². The van der Waals surface area contributed by atoms with Gasteiger partial charge in [0.25, 0.3) is 5.56 Å². The second-order valence-corrected chi connectivity index (χ2v) is 5.45. The number of aromatic amines is 1. The quantitative estimate of drug-likeness (QED) is 0.392. The number of hydrogen-bond donors (Lipinski definition) is 1. The van der Waals surface area contributed by atoms with Gasteiger partial charge in [-0.2, -0.15) is 5.26 Å². The van der Waals surface area contributed by atoms with E-state index in [-0.39, 0.29) is 11.5 Å². The monoisotopic (exact) mass is 329 g/mol. The second-order valence-electron chi connectivity index (χ2n) is 4.66. The van der Waals surface area contributed by atoms with Crippen LogP contribution in [0.5, 0.6) is 5.75 Å². The van der Waals surface area contributed by atoms with Crippen molar-refractivity contribution in [1.29, 1.82) is 5.26 Å². The second kappa shape index (κ2) is 7.61. The van der Waals surface area contributed by atoms with Crippen LogP contribution in [-0.2, 0) is 4.79 Å². The summed E-state index contributed by atoms with van der Waals surface area (Å²) in [6.07, 6.45) is 2.86. The minimum atomic E-state index is -0.472. The summed E-state index contributed by atoms with van der Waals surface area (Å²) in [4.78, 5) is 30.2. The Morgan fingerprint density at radius 1 is 1.39 bits per heavy atom. The minimum absolute atomic E-state index is 0.0430. The average Bonchev–Trinajstić information content (AvgIpc) is 2.55. The number of nitriles is 1. The topological polar surface area (TPSA) is 95.8 Å². The van der Waals surface area contributed by atoms with E-state index < -0.39 is 5.56 Å². The van der Waals surface area contributed by atoms with E-state index in [0.717, 1.165) is 6.42 Å². The van der Waals surface area contributed by atoms with Gasteiger partial charge >= 0.3 is 5.97 Å². The molecular weight excluding hydrogens is 314 g/mol. The Kier molecular flexibility index (Phi) is 5.55. The number of nitrogens with zero attached hydrogens (tertiary/aromatic N) is 2. The average molecular weight is 329 g/mol. The molecule has 1 aromatic heterocycles. The summed E-state index contributed by atoms with van der Waals surface area (Å²) in [6.45, 7) is 1.90. The molecule has 0 amide bonds. The first-order valence-electron chi connectivity index (χ1n) is 6.98. The van der Waals surface area contributed by atoms with Crippen LogP contribution in [0.2, 0.25) is 0 Å². The molecule has 118 valence electrons. The lowest BCUT2D eigenvalue weighted by atomic mass is 10.1. The summed E-state index contributed by atoms with van der Waals surface area (Å²) in [5.74, 6) is 0.123. The Morgan fingerprint density at radius 2 is 2.09 bits per heavy atom. The summed E-state index contributed by atoms with van der Waals surface area (Å²) in [5.41, 5.74) is 0.407. The number of benzene rings is 1. The maximum Gasteiger partial charge on any atom is 0.311 e. The number of aromatic nitrogens is 2. The maximum absolute atomic E-state index is 11.9. The van der Waals surface area contributed by atoms with Crippen LogP contribution in [-0.4, -0.2) is 22.2 Å². The van der Waals surface area contributed by atoms with Crippen molar-refractivity contribution in [3.8, 4) is 23.1 Å². The molecule has 0 aliphatic heterocycles. The van der Waals surface area contributed by atoms with Crippen molar-refractivity contribution < 1.29 is 9.53 Å². The normalized spacial score (nSPS) is 10.1. The molecular formula is C16H15N3O3S. The Hall–Kier alpha value is -2.59. The van der Waals surface area contributed by atoms with E-state index in [4.69, 9.17) is 4.74 Å². The highest BCUT2D eigenvalue weighted by molar-refractivity contribution is 7.98. The Balaban J connectivity index is 2.36. The van der Waals surface area contributed by atoms with Crippen molar-refractivity contribution in [3.05, 3.63) is 40.2 Å². The SMILES string of the molecule is CCCC(=O)Oc1ccc(-c2nc(SC)[nH]c(=O)c2C#N)cc1. The largest absolute Gasteiger partial charge is 0.427 e. The third kappa shape index (κ3) is 3.99. The van der Waals surface area contributed by atoms with E-state index in [1.165, 1.54) is 11.8 Å². The van der Waals surface area contributed by atoms with Crippen molar-refractivity contribution in [3.63, 3.8) is 0 Å². The molecule has 0 radical (unpaired) electrons. The number of H-pyrrole nitrogens is 1. The van der Waals surface area contributed by atoms with Gasteiger partial charge in [-0.1, -0.05) is 18.7 Å². The first kappa shape index (κ1) is 16.8. The van der Waals surface area contributed by atoms with Gasteiger partial charge in [0, 0.05) is 12.0 Å². The standard InChI is InChI=1S/C16H15N3O3S/c1-3-4-13(20)22-11-7-5-10(6-8-11)14-12(9-17)15(21)19-16(18-14)23-2/h5-8H,3-4H2,1-2H3,(H,18,19,21). The van der Waals surface area contributed by atoms with Crippen LogP contribution in [0.4, 0.5) is 0 Å². The lowest BCUT2D eigenvalue weighted by molar-refractivity contribution is -0.134. The zero-order valence-corrected chi connectivity index (χ0v) is 13.6. The summed E-state index contributed by atoms with van der Waals surface area (Å²) >= 11 is 1.28. The molecule has 0 atom stereocenters. The summed E-state index contributed by atoms with van der Waals surface area (Å²) in [5, 5.41) is 9.60. The molecule has 6 nitrogen and oxygen atoms in total. The number of nitrogens with one attached hydrogen (secondary N) is 1. The van der Waals surface area contributed by atoms with Gasteiger partial charge in [0.15, 0.2) is 5.16 Å². The number of carbonyl (C=O) groups excluding carboxylic acids is 1. The van der Waals surface area contributed by atoms with Crippen molar-refractivity contribution in [2.24, 2.45) is 0 Å². The van der Waals surface area contributed by atoms with Crippen LogP contribution < -0.4 is 10.3 Å². The van der Waals surface area contributed by atoms with E-state index in [9.17, 15) is 14.9 Å². The van der Waals surface area contributed by atoms with Gasteiger partial charge in [-0.05, 0) is 36.9 Å². The Morgan fingerprint density at radius 3 is 2.65 bits per heavy atom. The molecule has 23 heavy (non-hydrogen) atoms. The fourth-order valence-corrected chi connectivity index (χ4v) is 2.31. The highest BCUT2D eigenvalue weighted by Crippen LogP contribution is 2.24. The smallest absolute Gasteiger partial charge is 0.311 e. The number of ether oxygens (including phenoxy) is 1. The molecule has 0 unspecified atom stereocenters. The number of esters is 1. The molecule has 0 fully saturated rings. The lowest BCUT2D eigenvalue weighted by Crippen LogP contribution is -2.14. The number of rotatable bonds is 5. The summed E-state index contributed by atoms with van der Waals surface area (Å²) in [7, 11) is 0. The van der Waals surface area contributed by atoms with Gasteiger partial charge < -0.3 is 9.72 Å². The first-order chi connectivity index (χ1) is 11.1. The number of hydrogen-bond acceptors (Lipinski definition) is 6. The van der Waals surface area contributed by atoms with Gasteiger partial charge in [-0.25, -0.2) is 4.98 Å². The zero-order valence-electron chi connectivity index (χ0n) is 12.8. The molecule has 0 saturated heterocycles. The molecule has 2 aromatic rings. The molecule has 0 spiro atoms. The third-order valence-electron chi connectivity index (χ3n) is 3.02. The van der Waals surface area contributed by atoms with Gasteiger partial charge in [0.2, 0.25) is 0 Å². The van der Waals surface area contributed by atoms with E-state index in [1.807, 2.05) is 13.0 Å². The highest BCUT2D eigenvalue weighted by atomic mass is 32.2. The predicted molar refractivity (Wildman–Crippen MR) is 87.3 cm³/mol. The van der Waals surface area contributed by atoms with Crippen LogP contribution in [0, 0.1) is 11.3 Å². The zero-order chi connectivity index (χ0) is 16.8. The van der Waals surface area contributed by atoms with E-state index in [1.54, 1.807) is 30.5 Å². The number of thioether (sulfide) groups is 1. The molecule has 7 heteroatoms. The van der Waals surface area contributed by atoms with Crippen LogP contribution in [0.15, 0.2) is 34.2 Å². The Bertz CT molecular complexity index is 807. The molecule has 1 heterocycles. The van der Waals surface area contributed by atoms with E-state index in [0.29, 0.717) is 28.6 Å². The number of carbonyl (C=O) groups is 1. The summed E-state index contributed by atoms with van der Waals surface area (Å²) in [6, 6.07) is 8.45. The fraction of sp³-hybridized carbons (Fsp3) is 0.250. The van der Waals surface area contributed by atoms with Gasteiger partial charge in [0.05, 0.1) is 5.69 Å². The van der Waals surface area contributed by atoms with Crippen LogP contribution in [0.1, 0.15) is 25.3 Å². The maximum atomic E-state index is 11.9. The third-order valence-corrected chi connectivity index (χ3v) is 3.60. The fourth-order valence-electron chi connectivity index (χ4n) is 1.93. The summed E-state index contributed by atoms with van der Waals surface area (Å²) < 4.78 is 5.17. The van der Waals surface area contributed by atoms with Crippen molar-refractivity contribution in [1.82, 2.24) is 9.97 Å². The van der Waals surface area contributed by atoms with Crippen molar-refractivity contribution in [2.45, 2.75) is 24.9 Å². The van der Waals surface area contributed by atoms with Crippen LogP contribution in [0.25, 0.3) is 11.3 Å². The molecule has 0 aliphatic rings. The molecule has 1 N–H and O–H groups in total. The van der Waals surface area contributed by atoms with Crippen LogP contribution in [0.3, 0.4) is 0 Å². The van der Waals surface area contributed by atoms with E-state index >= 15 is 0 Å². The highest BCUT2D eigenvalue weighted by Gasteiger charge is 2.13. The molecule has 0 saturated carbocycles. The molecule has 1 aromatic carbocycles. The van der Waals surface area contributed by atoms with Crippen molar-refractivity contribution >= 4 is 17.7 Å². The van der Waals surface area contributed by atoms with Gasteiger partial charge in [0.1, 0.15) is 17.4 Å². The van der Waals surface area contributed by atoms with Crippen LogP contribution >= 0.6 is 11.8 Å².